The number of hydrogen-bond donors (Lipinski definition) is 1. The summed E-state index contributed by atoms with van der Waals surface area (Å²) in [7, 11) is 0. The fourth-order valence-corrected chi connectivity index (χ4v) is 2.50. The molecule has 2 rings (SSSR count). The summed E-state index contributed by atoms with van der Waals surface area (Å²) in [5, 5.41) is 15.0. The number of aromatic nitrogens is 2. The Bertz CT molecular complexity index is 550. The van der Waals surface area contributed by atoms with Crippen LogP contribution in [0.2, 0.25) is 5.02 Å². The van der Waals surface area contributed by atoms with E-state index >= 15 is 0 Å². The van der Waals surface area contributed by atoms with Gasteiger partial charge in [-0.25, -0.2) is 0 Å². The van der Waals surface area contributed by atoms with Gasteiger partial charge in [-0.1, -0.05) is 30.7 Å². The van der Waals surface area contributed by atoms with Gasteiger partial charge in [0.1, 0.15) is 0 Å². The van der Waals surface area contributed by atoms with E-state index < -0.39 is 0 Å². The first kappa shape index (κ1) is 16.1. The van der Waals surface area contributed by atoms with E-state index in [0.717, 1.165) is 30.0 Å². The Morgan fingerprint density at radius 2 is 1.90 bits per heavy atom. The molecule has 2 unspecified atom stereocenters. The molecule has 4 heteroatoms. The lowest BCUT2D eigenvalue weighted by Crippen LogP contribution is -2.14. The molecule has 21 heavy (non-hydrogen) atoms. The molecule has 0 bridgehead atoms. The van der Waals surface area contributed by atoms with Crippen LogP contribution in [0.15, 0.2) is 36.5 Å². The van der Waals surface area contributed by atoms with Gasteiger partial charge in [-0.3, -0.25) is 4.68 Å². The third-order valence-electron chi connectivity index (χ3n) is 3.90. The Kier molecular flexibility index (Phi) is 5.83. The quantitative estimate of drug-likeness (QED) is 0.842. The van der Waals surface area contributed by atoms with Crippen molar-refractivity contribution in [3.05, 3.63) is 52.8 Å². The average Bonchev–Trinajstić information content (AvgIpc) is 2.96. The van der Waals surface area contributed by atoms with Gasteiger partial charge >= 0.3 is 0 Å². The summed E-state index contributed by atoms with van der Waals surface area (Å²) in [6.45, 7) is 4.48. The molecular weight excluding hydrogens is 284 g/mol. The van der Waals surface area contributed by atoms with Crippen LogP contribution in [0, 0.1) is 5.92 Å². The van der Waals surface area contributed by atoms with E-state index in [0.29, 0.717) is 6.04 Å². The van der Waals surface area contributed by atoms with Crippen molar-refractivity contribution in [1.82, 2.24) is 9.78 Å². The molecule has 1 aromatic heterocycles. The van der Waals surface area contributed by atoms with Crippen molar-refractivity contribution in [3.8, 4) is 0 Å². The second-order valence-corrected chi connectivity index (χ2v) is 6.06. The van der Waals surface area contributed by atoms with Gasteiger partial charge in [0.05, 0.1) is 5.69 Å². The van der Waals surface area contributed by atoms with Gasteiger partial charge in [0.2, 0.25) is 0 Å². The SMILES string of the molecule is CCC(C)n1ccc(CC(CO)Cc2ccc(Cl)cc2)n1. The van der Waals surface area contributed by atoms with Crippen LogP contribution in [0.25, 0.3) is 0 Å². The summed E-state index contributed by atoms with van der Waals surface area (Å²) in [4.78, 5) is 0. The number of rotatable bonds is 7. The number of aliphatic hydroxyl groups excluding tert-OH is 1. The van der Waals surface area contributed by atoms with Crippen molar-refractivity contribution in [3.63, 3.8) is 0 Å². The second-order valence-electron chi connectivity index (χ2n) is 5.63. The average molecular weight is 307 g/mol. The summed E-state index contributed by atoms with van der Waals surface area (Å²) >= 11 is 5.90. The van der Waals surface area contributed by atoms with Crippen LogP contribution in [0.3, 0.4) is 0 Å². The minimum Gasteiger partial charge on any atom is -0.396 e. The van der Waals surface area contributed by atoms with Crippen molar-refractivity contribution < 1.29 is 5.11 Å². The molecule has 0 saturated heterocycles. The molecule has 0 aliphatic heterocycles. The molecule has 114 valence electrons. The van der Waals surface area contributed by atoms with Crippen molar-refractivity contribution in [1.29, 1.82) is 0 Å². The highest BCUT2D eigenvalue weighted by atomic mass is 35.5. The van der Waals surface area contributed by atoms with E-state index in [2.05, 4.69) is 25.0 Å². The van der Waals surface area contributed by atoms with Crippen molar-refractivity contribution in [2.75, 3.05) is 6.61 Å². The molecule has 0 amide bonds. The van der Waals surface area contributed by atoms with E-state index in [9.17, 15) is 5.11 Å². The molecule has 3 nitrogen and oxygen atoms in total. The van der Waals surface area contributed by atoms with Crippen molar-refractivity contribution in [2.24, 2.45) is 5.92 Å². The standard InChI is InChI=1S/C17H23ClN2O/c1-3-13(2)20-9-8-17(19-20)11-15(12-21)10-14-4-6-16(18)7-5-14/h4-9,13,15,21H,3,10-12H2,1-2H3. The predicted octanol–water partition coefficient (Wildman–Crippen LogP) is 3.90. The Morgan fingerprint density at radius 3 is 2.52 bits per heavy atom. The van der Waals surface area contributed by atoms with Gasteiger partial charge in [0, 0.05) is 23.9 Å². The van der Waals surface area contributed by atoms with Gasteiger partial charge in [-0.05, 0) is 55.9 Å². The molecule has 2 atom stereocenters. The third kappa shape index (κ3) is 4.58. The molecule has 0 fully saturated rings. The van der Waals surface area contributed by atoms with Crippen LogP contribution in [0.5, 0.6) is 0 Å². The molecule has 1 N–H and O–H groups in total. The van der Waals surface area contributed by atoms with E-state index in [1.54, 1.807) is 0 Å². The Balaban J connectivity index is 1.98. The van der Waals surface area contributed by atoms with Gasteiger partial charge < -0.3 is 5.11 Å². The van der Waals surface area contributed by atoms with Crippen LogP contribution >= 0.6 is 11.6 Å². The number of hydrogen-bond acceptors (Lipinski definition) is 2. The Labute approximate surface area is 131 Å². The minimum absolute atomic E-state index is 0.165. The number of benzene rings is 1. The summed E-state index contributed by atoms with van der Waals surface area (Å²) in [6, 6.07) is 10.3. The lowest BCUT2D eigenvalue weighted by Gasteiger charge is -2.13. The molecule has 1 aromatic carbocycles. The number of nitrogens with zero attached hydrogens (tertiary/aromatic N) is 2. The van der Waals surface area contributed by atoms with E-state index in [1.165, 1.54) is 5.56 Å². The van der Waals surface area contributed by atoms with E-state index in [-0.39, 0.29) is 12.5 Å². The highest BCUT2D eigenvalue weighted by Crippen LogP contribution is 2.17. The maximum absolute atomic E-state index is 9.60. The Morgan fingerprint density at radius 1 is 1.19 bits per heavy atom. The zero-order valence-electron chi connectivity index (χ0n) is 12.7. The van der Waals surface area contributed by atoms with Gasteiger partial charge in [0.25, 0.3) is 0 Å². The smallest absolute Gasteiger partial charge is 0.0628 e. The largest absolute Gasteiger partial charge is 0.396 e. The molecule has 2 aromatic rings. The van der Waals surface area contributed by atoms with Crippen molar-refractivity contribution >= 4 is 11.6 Å². The predicted molar refractivity (Wildman–Crippen MR) is 86.7 cm³/mol. The van der Waals surface area contributed by atoms with E-state index in [4.69, 9.17) is 11.6 Å². The number of halogens is 1. The normalized spacial score (nSPS) is 14.1. The van der Waals surface area contributed by atoms with Crippen LogP contribution in [0.4, 0.5) is 0 Å². The molecule has 0 saturated carbocycles. The van der Waals surface area contributed by atoms with Crippen LogP contribution in [-0.4, -0.2) is 21.5 Å². The maximum Gasteiger partial charge on any atom is 0.0628 e. The molecule has 0 aliphatic rings. The molecule has 1 heterocycles. The maximum atomic E-state index is 9.60. The van der Waals surface area contributed by atoms with Gasteiger partial charge in [-0.2, -0.15) is 5.10 Å². The molecular formula is C17H23ClN2O. The third-order valence-corrected chi connectivity index (χ3v) is 4.15. The van der Waals surface area contributed by atoms with Gasteiger partial charge in [-0.15, -0.1) is 0 Å². The Hall–Kier alpha value is -1.32. The summed E-state index contributed by atoms with van der Waals surface area (Å²) < 4.78 is 2.01. The summed E-state index contributed by atoms with van der Waals surface area (Å²) in [5.41, 5.74) is 2.24. The fourth-order valence-electron chi connectivity index (χ4n) is 2.37. The summed E-state index contributed by atoms with van der Waals surface area (Å²) in [5.74, 6) is 0.187. The molecule has 0 radical (unpaired) electrons. The molecule has 0 aliphatic carbocycles. The fraction of sp³-hybridized carbons (Fsp3) is 0.471. The van der Waals surface area contributed by atoms with Gasteiger partial charge in [0.15, 0.2) is 0 Å². The zero-order chi connectivity index (χ0) is 15.2. The molecule has 0 spiro atoms. The number of aliphatic hydroxyl groups is 1. The van der Waals surface area contributed by atoms with Crippen molar-refractivity contribution in [2.45, 2.75) is 39.2 Å². The first-order valence-corrected chi connectivity index (χ1v) is 7.89. The highest BCUT2D eigenvalue weighted by Gasteiger charge is 2.13. The van der Waals surface area contributed by atoms with Crippen LogP contribution in [-0.2, 0) is 12.8 Å². The zero-order valence-corrected chi connectivity index (χ0v) is 13.4. The summed E-state index contributed by atoms with van der Waals surface area (Å²) in [6.07, 6.45) is 4.72. The van der Waals surface area contributed by atoms with Crippen LogP contribution < -0.4 is 0 Å². The monoisotopic (exact) mass is 306 g/mol. The lowest BCUT2D eigenvalue weighted by molar-refractivity contribution is 0.224. The van der Waals surface area contributed by atoms with E-state index in [1.807, 2.05) is 35.1 Å². The lowest BCUT2D eigenvalue weighted by atomic mass is 9.96. The first-order valence-electron chi connectivity index (χ1n) is 7.51. The minimum atomic E-state index is 0.165. The topological polar surface area (TPSA) is 38.0 Å². The highest BCUT2D eigenvalue weighted by molar-refractivity contribution is 6.30. The first-order chi connectivity index (χ1) is 10.1. The second kappa shape index (κ2) is 7.62. The van der Waals surface area contributed by atoms with Crippen LogP contribution in [0.1, 0.15) is 37.6 Å².